The summed E-state index contributed by atoms with van der Waals surface area (Å²) in [5.74, 6) is 0.627. The molecule has 0 saturated carbocycles. The predicted molar refractivity (Wildman–Crippen MR) is 63.1 cm³/mol. The van der Waals surface area contributed by atoms with E-state index < -0.39 is 0 Å². The first kappa shape index (κ1) is 12.5. The first-order chi connectivity index (χ1) is 6.58. The van der Waals surface area contributed by atoms with E-state index in [-0.39, 0.29) is 18.9 Å². The van der Waals surface area contributed by atoms with Gasteiger partial charge in [-0.3, -0.25) is 0 Å². The van der Waals surface area contributed by atoms with Gasteiger partial charge in [0.1, 0.15) is 0 Å². The number of rotatable bonds is 1. The molecule has 0 unspecified atom stereocenters. The number of fused-ring (bicyclic) bond motifs is 1. The molecule has 74 valence electrons. The fourth-order valence-corrected chi connectivity index (χ4v) is 2.05. The van der Waals surface area contributed by atoms with Crippen molar-refractivity contribution in [3.05, 3.63) is 41.0 Å². The molecule has 2 aromatic carbocycles. The molecule has 0 fully saturated rings. The van der Waals surface area contributed by atoms with Crippen LogP contribution >= 0.6 is 0 Å². The first-order valence-electron chi connectivity index (χ1n) is 5.25. The standard InChI is InChI=1S/C14H17.Li/c1-9(2)12-7-13-6-10(3)5-11(4)14(13)8-12;/h5-9H,1-4H3;/q-1;+1. The third kappa shape index (κ3) is 2.33. The van der Waals surface area contributed by atoms with E-state index in [1.807, 2.05) is 0 Å². The maximum absolute atomic E-state index is 2.33. The number of benzene rings is 1. The molecule has 0 bridgehead atoms. The van der Waals surface area contributed by atoms with Crippen LogP contribution in [-0.2, 0) is 0 Å². The Balaban J connectivity index is 0.00000112. The third-order valence-electron chi connectivity index (χ3n) is 2.86. The molecule has 0 N–H and O–H groups in total. The summed E-state index contributed by atoms with van der Waals surface area (Å²) in [5.41, 5.74) is 4.21. The Morgan fingerprint density at radius 1 is 1.07 bits per heavy atom. The van der Waals surface area contributed by atoms with Crippen LogP contribution in [0.15, 0.2) is 24.3 Å². The number of hydrogen-bond donors (Lipinski definition) is 0. The molecule has 0 aliphatic rings. The summed E-state index contributed by atoms with van der Waals surface area (Å²) in [6.07, 6.45) is 0. The van der Waals surface area contributed by atoms with Crippen LogP contribution < -0.4 is 18.9 Å². The molecule has 2 aromatic rings. The van der Waals surface area contributed by atoms with Crippen LogP contribution in [-0.4, -0.2) is 0 Å². The fourth-order valence-electron chi connectivity index (χ4n) is 2.05. The van der Waals surface area contributed by atoms with E-state index >= 15 is 0 Å². The van der Waals surface area contributed by atoms with Crippen molar-refractivity contribution >= 4 is 10.8 Å². The summed E-state index contributed by atoms with van der Waals surface area (Å²) in [6.45, 7) is 8.85. The van der Waals surface area contributed by atoms with Gasteiger partial charge in [-0.2, -0.15) is 6.07 Å². The van der Waals surface area contributed by atoms with E-state index in [1.165, 1.54) is 27.5 Å². The average Bonchev–Trinajstić information content (AvgIpc) is 2.47. The Morgan fingerprint density at radius 2 is 1.73 bits per heavy atom. The Hall–Kier alpha value is -0.573. The second-order valence-electron chi connectivity index (χ2n) is 4.53. The zero-order valence-corrected chi connectivity index (χ0v) is 10.4. The van der Waals surface area contributed by atoms with Crippen LogP contribution in [0.1, 0.15) is 36.5 Å². The van der Waals surface area contributed by atoms with Crippen LogP contribution in [0.2, 0.25) is 0 Å². The molecule has 0 aromatic heterocycles. The Kier molecular flexibility index (Phi) is 3.76. The van der Waals surface area contributed by atoms with Gasteiger partial charge >= 0.3 is 18.9 Å². The van der Waals surface area contributed by atoms with E-state index in [0.717, 1.165) is 0 Å². The normalized spacial score (nSPS) is 10.7. The second-order valence-corrected chi connectivity index (χ2v) is 4.53. The largest absolute Gasteiger partial charge is 1.00 e. The van der Waals surface area contributed by atoms with E-state index in [1.54, 1.807) is 0 Å². The molecule has 0 spiro atoms. The molecule has 0 heterocycles. The van der Waals surface area contributed by atoms with E-state index in [4.69, 9.17) is 0 Å². The monoisotopic (exact) mass is 192 g/mol. The molecule has 0 atom stereocenters. The van der Waals surface area contributed by atoms with Crippen molar-refractivity contribution in [3.63, 3.8) is 0 Å². The fraction of sp³-hybridized carbons (Fsp3) is 0.357. The van der Waals surface area contributed by atoms with Crippen molar-refractivity contribution in [1.29, 1.82) is 0 Å². The number of hydrogen-bond acceptors (Lipinski definition) is 0. The van der Waals surface area contributed by atoms with E-state index in [9.17, 15) is 0 Å². The van der Waals surface area contributed by atoms with Crippen molar-refractivity contribution in [2.75, 3.05) is 0 Å². The molecular weight excluding hydrogens is 175 g/mol. The summed E-state index contributed by atoms with van der Waals surface area (Å²) >= 11 is 0. The van der Waals surface area contributed by atoms with Gasteiger partial charge in [0.2, 0.25) is 0 Å². The van der Waals surface area contributed by atoms with Crippen molar-refractivity contribution in [1.82, 2.24) is 0 Å². The molecule has 0 saturated heterocycles. The minimum Gasteiger partial charge on any atom is -0.164 e. The average molecular weight is 192 g/mol. The second kappa shape index (κ2) is 4.52. The van der Waals surface area contributed by atoms with Crippen molar-refractivity contribution in [2.45, 2.75) is 33.6 Å². The van der Waals surface area contributed by atoms with Crippen LogP contribution in [0.4, 0.5) is 0 Å². The molecule has 1 heteroatoms. The van der Waals surface area contributed by atoms with Crippen molar-refractivity contribution < 1.29 is 18.9 Å². The molecule has 0 radical (unpaired) electrons. The maximum Gasteiger partial charge on any atom is 1.00 e. The summed E-state index contributed by atoms with van der Waals surface area (Å²) < 4.78 is 0. The molecule has 0 nitrogen and oxygen atoms in total. The van der Waals surface area contributed by atoms with Gasteiger partial charge in [-0.05, 0) is 19.8 Å². The van der Waals surface area contributed by atoms with Crippen molar-refractivity contribution in [3.8, 4) is 0 Å². The molecule has 0 amide bonds. The molecule has 2 rings (SSSR count). The Morgan fingerprint density at radius 3 is 2.33 bits per heavy atom. The summed E-state index contributed by atoms with van der Waals surface area (Å²) in [6, 6.07) is 9.18. The Bertz CT molecular complexity index is 463. The van der Waals surface area contributed by atoms with Gasteiger partial charge in [0.15, 0.2) is 0 Å². The topological polar surface area (TPSA) is 0 Å². The molecule has 0 aliphatic heterocycles. The quantitative estimate of drug-likeness (QED) is 0.472. The van der Waals surface area contributed by atoms with Crippen LogP contribution in [0.3, 0.4) is 0 Å². The van der Waals surface area contributed by atoms with Gasteiger partial charge in [0.25, 0.3) is 0 Å². The minimum atomic E-state index is 0. The summed E-state index contributed by atoms with van der Waals surface area (Å²) in [7, 11) is 0. The van der Waals surface area contributed by atoms with Crippen LogP contribution in [0, 0.1) is 13.8 Å². The van der Waals surface area contributed by atoms with Gasteiger partial charge in [-0.15, -0.1) is 28.5 Å². The molecule has 15 heavy (non-hydrogen) atoms. The smallest absolute Gasteiger partial charge is 0.164 e. The molecule has 0 aliphatic carbocycles. The number of aryl methyl sites for hydroxylation is 2. The van der Waals surface area contributed by atoms with Gasteiger partial charge in [-0.1, -0.05) is 31.0 Å². The van der Waals surface area contributed by atoms with E-state index in [0.29, 0.717) is 5.92 Å². The van der Waals surface area contributed by atoms with Crippen LogP contribution in [0.25, 0.3) is 10.8 Å². The zero-order valence-electron chi connectivity index (χ0n) is 10.4. The SMILES string of the molecule is Cc1cc(C)c2cc(C(C)C)[cH-]c2c1.[Li+]. The van der Waals surface area contributed by atoms with Crippen LogP contribution in [0.5, 0.6) is 0 Å². The van der Waals surface area contributed by atoms with Gasteiger partial charge in [0, 0.05) is 0 Å². The minimum absolute atomic E-state index is 0. The predicted octanol–water partition coefficient (Wildman–Crippen LogP) is 1.30. The van der Waals surface area contributed by atoms with E-state index in [2.05, 4.69) is 52.0 Å². The zero-order chi connectivity index (χ0) is 10.3. The Labute approximate surface area is 104 Å². The van der Waals surface area contributed by atoms with Gasteiger partial charge in [-0.25, -0.2) is 0 Å². The van der Waals surface area contributed by atoms with Crippen molar-refractivity contribution in [2.24, 2.45) is 0 Å². The molecular formula is C14H17Li. The van der Waals surface area contributed by atoms with Gasteiger partial charge in [0.05, 0.1) is 0 Å². The van der Waals surface area contributed by atoms with Gasteiger partial charge < -0.3 is 0 Å². The summed E-state index contributed by atoms with van der Waals surface area (Å²) in [4.78, 5) is 0. The third-order valence-corrected chi connectivity index (χ3v) is 2.86. The maximum atomic E-state index is 2.33. The summed E-state index contributed by atoms with van der Waals surface area (Å²) in [5, 5.41) is 2.81. The first-order valence-corrected chi connectivity index (χ1v) is 5.25.